The first-order valence-corrected chi connectivity index (χ1v) is 8.35. The summed E-state index contributed by atoms with van der Waals surface area (Å²) >= 11 is 0. The highest BCUT2D eigenvalue weighted by molar-refractivity contribution is 6.47. The van der Waals surface area contributed by atoms with Gasteiger partial charge < -0.3 is 4.46 Å². The Bertz CT molecular complexity index is 473. The minimum Gasteiger partial charge on any atom is -0.357 e. The Morgan fingerprint density at radius 2 is 2.00 bits per heavy atom. The van der Waals surface area contributed by atoms with E-state index >= 15 is 0 Å². The molecule has 0 unspecified atom stereocenters. The van der Waals surface area contributed by atoms with Crippen LogP contribution in [0.15, 0.2) is 29.2 Å². The molecular formula is C15H22N2OSi. The van der Waals surface area contributed by atoms with Gasteiger partial charge in [0.05, 0.1) is 0 Å². The standard InChI is InChI=1S/C15H22N2OSi/c1-15(2,3)19(18)17-14(7-6-12-4-5-12)13-8-10-16-11-9-13/h8-12H,4-7H2,1-3H3/b17-14+. The van der Waals surface area contributed by atoms with E-state index in [9.17, 15) is 4.46 Å². The third-order valence-electron chi connectivity index (χ3n) is 3.38. The van der Waals surface area contributed by atoms with Gasteiger partial charge in [0.15, 0.2) is 0 Å². The zero-order valence-electron chi connectivity index (χ0n) is 12.0. The van der Waals surface area contributed by atoms with Crippen LogP contribution in [-0.4, -0.2) is 19.5 Å². The molecule has 0 bridgehead atoms. The summed E-state index contributed by atoms with van der Waals surface area (Å²) in [6, 6.07) is 3.92. The summed E-state index contributed by atoms with van der Waals surface area (Å²) in [7, 11) is -1.96. The molecule has 1 aliphatic carbocycles. The summed E-state index contributed by atoms with van der Waals surface area (Å²) in [6.45, 7) is 5.97. The van der Waals surface area contributed by atoms with Crippen molar-refractivity contribution in [3.8, 4) is 0 Å². The maximum Gasteiger partial charge on any atom is 0.424 e. The highest BCUT2D eigenvalue weighted by atomic mass is 28.3. The fourth-order valence-corrected chi connectivity index (χ4v) is 2.67. The van der Waals surface area contributed by atoms with Crippen molar-refractivity contribution in [1.82, 2.24) is 4.98 Å². The highest BCUT2D eigenvalue weighted by Gasteiger charge is 2.26. The van der Waals surface area contributed by atoms with E-state index in [1.54, 1.807) is 12.4 Å². The van der Waals surface area contributed by atoms with E-state index in [1.165, 1.54) is 19.3 Å². The fraction of sp³-hybridized carbons (Fsp3) is 0.600. The summed E-state index contributed by atoms with van der Waals surface area (Å²) in [5.41, 5.74) is 2.06. The quantitative estimate of drug-likeness (QED) is 0.605. The second-order valence-corrected chi connectivity index (χ2v) is 8.67. The summed E-state index contributed by atoms with van der Waals surface area (Å²) < 4.78 is 16.8. The molecule has 0 atom stereocenters. The molecule has 0 amide bonds. The van der Waals surface area contributed by atoms with Crippen molar-refractivity contribution in [3.05, 3.63) is 30.1 Å². The molecule has 1 aromatic heterocycles. The molecule has 1 saturated carbocycles. The van der Waals surface area contributed by atoms with Crippen LogP contribution >= 0.6 is 0 Å². The van der Waals surface area contributed by atoms with Crippen molar-refractivity contribution in [2.45, 2.75) is 51.5 Å². The number of pyridine rings is 1. The van der Waals surface area contributed by atoms with E-state index in [0.717, 1.165) is 23.6 Å². The van der Waals surface area contributed by atoms with Gasteiger partial charge in [-0.15, -0.1) is 0 Å². The summed E-state index contributed by atoms with van der Waals surface area (Å²) in [5, 5.41) is -0.234. The van der Waals surface area contributed by atoms with Crippen LogP contribution in [0.25, 0.3) is 0 Å². The Balaban J connectivity index is 2.17. The smallest absolute Gasteiger partial charge is 0.357 e. The number of hydrogen-bond donors (Lipinski definition) is 0. The van der Waals surface area contributed by atoms with Crippen molar-refractivity contribution < 1.29 is 4.46 Å². The van der Waals surface area contributed by atoms with Crippen molar-refractivity contribution >= 4 is 14.6 Å². The summed E-state index contributed by atoms with van der Waals surface area (Å²) in [6.07, 6.45) is 8.34. The van der Waals surface area contributed by atoms with Crippen LogP contribution in [0, 0.1) is 5.92 Å². The van der Waals surface area contributed by atoms with Crippen LogP contribution in [0.4, 0.5) is 0 Å². The molecule has 0 aromatic carbocycles. The van der Waals surface area contributed by atoms with Gasteiger partial charge in [-0.05, 0) is 36.5 Å². The van der Waals surface area contributed by atoms with Gasteiger partial charge in [0, 0.05) is 23.1 Å². The van der Waals surface area contributed by atoms with Gasteiger partial charge in [0.1, 0.15) is 0 Å². The third kappa shape index (κ3) is 4.46. The van der Waals surface area contributed by atoms with Gasteiger partial charge in [0.2, 0.25) is 0 Å². The molecule has 1 fully saturated rings. The zero-order valence-corrected chi connectivity index (χ0v) is 13.0. The number of nitrogens with zero attached hydrogens (tertiary/aromatic N) is 2. The van der Waals surface area contributed by atoms with E-state index in [0.29, 0.717) is 0 Å². The number of rotatable bonds is 5. The predicted octanol–water partition coefficient (Wildman–Crippen LogP) is 3.78. The van der Waals surface area contributed by atoms with E-state index in [1.807, 2.05) is 32.9 Å². The highest BCUT2D eigenvalue weighted by Crippen LogP contribution is 2.34. The topological polar surface area (TPSA) is 42.3 Å². The molecule has 0 aliphatic heterocycles. The second kappa shape index (κ2) is 5.86. The molecule has 4 heteroatoms. The zero-order chi connectivity index (χ0) is 13.9. The monoisotopic (exact) mass is 274 g/mol. The SMILES string of the molecule is CC(C)(C)[Si](=O)/N=C(\CCC1CC1)c1ccncc1. The van der Waals surface area contributed by atoms with Crippen molar-refractivity contribution in [1.29, 1.82) is 0 Å². The molecule has 1 aromatic rings. The van der Waals surface area contributed by atoms with Crippen molar-refractivity contribution in [2.24, 2.45) is 10.6 Å². The Labute approximate surface area is 116 Å². The largest absolute Gasteiger partial charge is 0.424 e. The summed E-state index contributed by atoms with van der Waals surface area (Å²) in [5.74, 6) is 0.865. The Kier molecular flexibility index (Phi) is 4.40. The molecule has 19 heavy (non-hydrogen) atoms. The molecule has 102 valence electrons. The molecule has 0 spiro atoms. The van der Waals surface area contributed by atoms with E-state index in [-0.39, 0.29) is 5.04 Å². The van der Waals surface area contributed by atoms with Crippen LogP contribution in [0.1, 0.15) is 52.0 Å². The van der Waals surface area contributed by atoms with Crippen molar-refractivity contribution in [3.63, 3.8) is 0 Å². The predicted molar refractivity (Wildman–Crippen MR) is 78.9 cm³/mol. The fourth-order valence-electron chi connectivity index (χ4n) is 1.85. The van der Waals surface area contributed by atoms with Crippen molar-refractivity contribution in [2.75, 3.05) is 0 Å². The molecule has 0 saturated heterocycles. The van der Waals surface area contributed by atoms with Gasteiger partial charge in [-0.3, -0.25) is 9.64 Å². The normalized spacial score (nSPS) is 16.5. The summed E-state index contributed by atoms with van der Waals surface area (Å²) in [4.78, 5) is 4.04. The maximum atomic E-state index is 12.3. The van der Waals surface area contributed by atoms with Crippen LogP contribution in [0.3, 0.4) is 0 Å². The molecule has 0 radical (unpaired) electrons. The Morgan fingerprint density at radius 3 is 2.53 bits per heavy atom. The van der Waals surface area contributed by atoms with Gasteiger partial charge in [-0.2, -0.15) is 0 Å². The van der Waals surface area contributed by atoms with Crippen LogP contribution < -0.4 is 0 Å². The van der Waals surface area contributed by atoms with E-state index in [4.69, 9.17) is 0 Å². The van der Waals surface area contributed by atoms with Gasteiger partial charge in [-0.1, -0.05) is 33.6 Å². The van der Waals surface area contributed by atoms with Gasteiger partial charge >= 0.3 is 8.84 Å². The van der Waals surface area contributed by atoms with Crippen LogP contribution in [0.2, 0.25) is 5.04 Å². The maximum absolute atomic E-state index is 12.3. The lowest BCUT2D eigenvalue weighted by Gasteiger charge is -2.13. The molecule has 1 heterocycles. The lowest BCUT2D eigenvalue weighted by atomic mass is 10.1. The number of hydrogen-bond acceptors (Lipinski definition) is 2. The minimum absolute atomic E-state index is 0.234. The first-order valence-electron chi connectivity index (χ1n) is 6.99. The lowest BCUT2D eigenvalue weighted by Crippen LogP contribution is -2.17. The van der Waals surface area contributed by atoms with Gasteiger partial charge in [-0.25, -0.2) is 0 Å². The molecule has 1 aliphatic rings. The molecule has 2 rings (SSSR count). The molecule has 0 N–H and O–H groups in total. The average Bonchev–Trinajstić information content (AvgIpc) is 3.18. The average molecular weight is 274 g/mol. The first kappa shape index (κ1) is 14.3. The Hall–Kier alpha value is -1.16. The second-order valence-electron chi connectivity index (χ2n) is 6.33. The first-order chi connectivity index (χ1) is 8.97. The van der Waals surface area contributed by atoms with Crippen LogP contribution in [-0.2, 0) is 4.46 Å². The Morgan fingerprint density at radius 1 is 1.37 bits per heavy atom. The van der Waals surface area contributed by atoms with Gasteiger partial charge in [0.25, 0.3) is 0 Å². The van der Waals surface area contributed by atoms with E-state index in [2.05, 4.69) is 9.64 Å². The molecular weight excluding hydrogens is 252 g/mol. The number of aromatic nitrogens is 1. The molecule has 3 nitrogen and oxygen atoms in total. The van der Waals surface area contributed by atoms with E-state index < -0.39 is 8.84 Å². The van der Waals surface area contributed by atoms with Crippen LogP contribution in [0.5, 0.6) is 0 Å². The minimum atomic E-state index is -1.96. The third-order valence-corrected chi connectivity index (χ3v) is 5.13. The lowest BCUT2D eigenvalue weighted by molar-refractivity contribution is 0.526.